The third kappa shape index (κ3) is 4.77. The van der Waals surface area contributed by atoms with Crippen LogP contribution in [0.4, 0.5) is 0 Å². The molecule has 138 valence electrons. The number of hydrogen-bond acceptors (Lipinski definition) is 4. The van der Waals surface area contributed by atoms with Crippen LogP contribution in [0, 0.1) is 0 Å². The molecule has 0 aliphatic rings. The molecule has 0 radical (unpaired) electrons. The number of halogens is 1. The van der Waals surface area contributed by atoms with Gasteiger partial charge in [0.25, 0.3) is 11.8 Å². The Labute approximate surface area is 164 Å². The van der Waals surface area contributed by atoms with Crippen LogP contribution in [0.15, 0.2) is 65.1 Å². The zero-order chi connectivity index (χ0) is 19.2. The van der Waals surface area contributed by atoms with Crippen LogP contribution in [0.2, 0.25) is 0 Å². The van der Waals surface area contributed by atoms with E-state index in [2.05, 4.69) is 26.8 Å². The molecule has 7 heteroatoms. The standard InChI is InChI=1S/C20H17BrN2O4/c1-26-18-9-7-15(11-17(18)21)20(25)23-22-19(24)12-27-16-8-6-13-4-2-3-5-14(13)10-16/h2-11H,12H2,1H3,(H,22,24)(H,23,25). The van der Waals surface area contributed by atoms with Gasteiger partial charge in [0.05, 0.1) is 11.6 Å². The van der Waals surface area contributed by atoms with Crippen molar-refractivity contribution in [1.82, 2.24) is 10.9 Å². The highest BCUT2D eigenvalue weighted by atomic mass is 79.9. The number of ether oxygens (including phenoxy) is 2. The maximum atomic E-state index is 12.1. The van der Waals surface area contributed by atoms with Gasteiger partial charge in [-0.2, -0.15) is 0 Å². The van der Waals surface area contributed by atoms with E-state index < -0.39 is 11.8 Å². The molecule has 0 aliphatic heterocycles. The summed E-state index contributed by atoms with van der Waals surface area (Å²) >= 11 is 3.31. The van der Waals surface area contributed by atoms with E-state index in [9.17, 15) is 9.59 Å². The number of rotatable bonds is 5. The van der Waals surface area contributed by atoms with Gasteiger partial charge in [-0.1, -0.05) is 30.3 Å². The Bertz CT molecular complexity index is 991. The monoisotopic (exact) mass is 428 g/mol. The van der Waals surface area contributed by atoms with Crippen LogP contribution < -0.4 is 20.3 Å². The second-order valence-electron chi connectivity index (χ2n) is 5.65. The molecule has 2 N–H and O–H groups in total. The Hall–Kier alpha value is -3.06. The molecule has 3 aromatic rings. The molecule has 2 amide bonds. The normalized spacial score (nSPS) is 10.3. The molecule has 0 aromatic heterocycles. The van der Waals surface area contributed by atoms with E-state index in [1.807, 2.05) is 36.4 Å². The minimum absolute atomic E-state index is 0.217. The lowest BCUT2D eigenvalue weighted by Crippen LogP contribution is -2.43. The van der Waals surface area contributed by atoms with Gasteiger partial charge >= 0.3 is 0 Å². The zero-order valence-electron chi connectivity index (χ0n) is 14.5. The molecule has 0 bridgehead atoms. The van der Waals surface area contributed by atoms with Gasteiger partial charge in [-0.25, -0.2) is 0 Å². The first-order valence-corrected chi connectivity index (χ1v) is 8.90. The van der Waals surface area contributed by atoms with Gasteiger partial charge in [0.2, 0.25) is 0 Å². The molecule has 3 aromatic carbocycles. The molecule has 27 heavy (non-hydrogen) atoms. The summed E-state index contributed by atoms with van der Waals surface area (Å²) in [6.45, 7) is -0.217. The highest BCUT2D eigenvalue weighted by molar-refractivity contribution is 9.10. The second kappa shape index (κ2) is 8.55. The molecule has 0 aliphatic carbocycles. The first-order chi connectivity index (χ1) is 13.1. The van der Waals surface area contributed by atoms with Crippen molar-refractivity contribution in [2.75, 3.05) is 13.7 Å². The Kier molecular flexibility index (Phi) is 5.93. The van der Waals surface area contributed by atoms with Crippen LogP contribution in [0.5, 0.6) is 11.5 Å². The number of fused-ring (bicyclic) bond motifs is 1. The summed E-state index contributed by atoms with van der Waals surface area (Å²) in [4.78, 5) is 24.0. The van der Waals surface area contributed by atoms with Crippen molar-refractivity contribution in [3.05, 3.63) is 70.7 Å². The van der Waals surface area contributed by atoms with Crippen LogP contribution in [0.25, 0.3) is 10.8 Å². The van der Waals surface area contributed by atoms with Crippen LogP contribution in [-0.2, 0) is 4.79 Å². The Morgan fingerprint density at radius 3 is 2.48 bits per heavy atom. The van der Waals surface area contributed by atoms with Gasteiger partial charge in [-0.15, -0.1) is 0 Å². The fraction of sp³-hybridized carbons (Fsp3) is 0.100. The molecule has 0 saturated carbocycles. The van der Waals surface area contributed by atoms with Crippen molar-refractivity contribution in [3.8, 4) is 11.5 Å². The second-order valence-corrected chi connectivity index (χ2v) is 6.50. The van der Waals surface area contributed by atoms with Crippen LogP contribution >= 0.6 is 15.9 Å². The zero-order valence-corrected chi connectivity index (χ0v) is 16.1. The van der Waals surface area contributed by atoms with Gasteiger partial charge in [0.1, 0.15) is 11.5 Å². The van der Waals surface area contributed by atoms with E-state index in [0.29, 0.717) is 21.5 Å². The number of amides is 2. The lowest BCUT2D eigenvalue weighted by molar-refractivity contribution is -0.123. The average Bonchev–Trinajstić information content (AvgIpc) is 2.70. The molecule has 3 rings (SSSR count). The fourth-order valence-corrected chi connectivity index (χ4v) is 2.99. The molecular weight excluding hydrogens is 412 g/mol. The fourth-order valence-electron chi connectivity index (χ4n) is 2.45. The minimum atomic E-state index is -0.468. The topological polar surface area (TPSA) is 76.7 Å². The first-order valence-electron chi connectivity index (χ1n) is 8.11. The van der Waals surface area contributed by atoms with Crippen LogP contribution in [0.3, 0.4) is 0 Å². The number of nitrogens with one attached hydrogen (secondary N) is 2. The predicted octanol–water partition coefficient (Wildman–Crippen LogP) is 3.45. The quantitative estimate of drug-likeness (QED) is 0.610. The van der Waals surface area contributed by atoms with Crippen molar-refractivity contribution < 1.29 is 19.1 Å². The van der Waals surface area contributed by atoms with E-state index in [1.54, 1.807) is 24.3 Å². The van der Waals surface area contributed by atoms with E-state index in [1.165, 1.54) is 7.11 Å². The van der Waals surface area contributed by atoms with E-state index in [-0.39, 0.29) is 6.61 Å². The van der Waals surface area contributed by atoms with Crippen LogP contribution in [0.1, 0.15) is 10.4 Å². The predicted molar refractivity (Wildman–Crippen MR) is 106 cm³/mol. The van der Waals surface area contributed by atoms with Gasteiger partial charge in [0.15, 0.2) is 6.61 Å². The van der Waals surface area contributed by atoms with Gasteiger partial charge in [-0.3, -0.25) is 20.4 Å². The molecule has 0 unspecified atom stereocenters. The number of benzene rings is 3. The number of carbonyl (C=O) groups excluding carboxylic acids is 2. The van der Waals surface area contributed by atoms with Gasteiger partial charge in [-0.05, 0) is 57.0 Å². The van der Waals surface area contributed by atoms with E-state index >= 15 is 0 Å². The van der Waals surface area contributed by atoms with Gasteiger partial charge < -0.3 is 9.47 Å². The molecule has 0 saturated heterocycles. The number of carbonyl (C=O) groups is 2. The smallest absolute Gasteiger partial charge is 0.276 e. The molecule has 0 fully saturated rings. The lowest BCUT2D eigenvalue weighted by atomic mass is 10.1. The third-order valence-electron chi connectivity index (χ3n) is 3.82. The number of hydrazine groups is 1. The largest absolute Gasteiger partial charge is 0.496 e. The lowest BCUT2D eigenvalue weighted by Gasteiger charge is -2.10. The summed E-state index contributed by atoms with van der Waals surface area (Å²) in [6.07, 6.45) is 0. The summed E-state index contributed by atoms with van der Waals surface area (Å²) in [6, 6.07) is 18.3. The summed E-state index contributed by atoms with van der Waals surface area (Å²) in [5, 5.41) is 2.11. The van der Waals surface area contributed by atoms with Crippen molar-refractivity contribution in [2.45, 2.75) is 0 Å². The van der Waals surface area contributed by atoms with E-state index in [0.717, 1.165) is 10.8 Å². The van der Waals surface area contributed by atoms with E-state index in [4.69, 9.17) is 9.47 Å². The summed E-state index contributed by atoms with van der Waals surface area (Å²) < 4.78 is 11.2. The Balaban J connectivity index is 1.51. The summed E-state index contributed by atoms with van der Waals surface area (Å²) in [7, 11) is 1.54. The molecule has 0 heterocycles. The highest BCUT2D eigenvalue weighted by Gasteiger charge is 2.10. The Morgan fingerprint density at radius 1 is 0.963 bits per heavy atom. The van der Waals surface area contributed by atoms with Crippen molar-refractivity contribution in [3.63, 3.8) is 0 Å². The summed E-state index contributed by atoms with van der Waals surface area (Å²) in [5.74, 6) is 0.273. The first kappa shape index (κ1) is 18.7. The molecule has 0 spiro atoms. The van der Waals surface area contributed by atoms with Crippen molar-refractivity contribution in [1.29, 1.82) is 0 Å². The maximum Gasteiger partial charge on any atom is 0.276 e. The van der Waals surface area contributed by atoms with Gasteiger partial charge in [0, 0.05) is 5.56 Å². The SMILES string of the molecule is COc1ccc(C(=O)NNC(=O)COc2ccc3ccccc3c2)cc1Br. The molecule has 6 nitrogen and oxygen atoms in total. The molecular formula is C20H17BrN2O4. The molecule has 0 atom stereocenters. The van der Waals surface area contributed by atoms with Crippen LogP contribution in [-0.4, -0.2) is 25.5 Å². The number of hydrogen-bond donors (Lipinski definition) is 2. The Morgan fingerprint density at radius 2 is 1.74 bits per heavy atom. The average molecular weight is 429 g/mol. The summed E-state index contributed by atoms with van der Waals surface area (Å²) in [5.41, 5.74) is 5.05. The number of methoxy groups -OCH3 is 1. The third-order valence-corrected chi connectivity index (χ3v) is 4.44. The highest BCUT2D eigenvalue weighted by Crippen LogP contribution is 2.25. The van der Waals surface area contributed by atoms with Crippen molar-refractivity contribution in [2.24, 2.45) is 0 Å². The maximum absolute atomic E-state index is 12.1. The van der Waals surface area contributed by atoms with Crippen molar-refractivity contribution >= 4 is 38.5 Å². The minimum Gasteiger partial charge on any atom is -0.496 e.